The molecule has 0 atom stereocenters. The van der Waals surface area contributed by atoms with E-state index in [4.69, 9.17) is 9.15 Å². The first-order valence-electron chi connectivity index (χ1n) is 6.46. The van der Waals surface area contributed by atoms with Crippen LogP contribution in [0.25, 0.3) is 11.1 Å². The number of aryl methyl sites for hydroxylation is 1. The highest BCUT2D eigenvalue weighted by molar-refractivity contribution is 5.74. The Balaban J connectivity index is 1.56. The van der Waals surface area contributed by atoms with Crippen LogP contribution < -0.4 is 5.32 Å². The maximum Gasteiger partial charge on any atom is 0.320 e. The number of rotatable bonds is 5. The number of benzene rings is 1. The number of ether oxygens (including phenoxy) is 1. The molecule has 1 aromatic heterocycles. The second-order valence-corrected chi connectivity index (χ2v) is 4.85. The fourth-order valence-electron chi connectivity index (χ4n) is 1.90. The number of carbonyl (C=O) groups excluding carboxylic acids is 1. The highest BCUT2D eigenvalue weighted by Gasteiger charge is 2.21. The topological polar surface area (TPSA) is 64.4 Å². The summed E-state index contributed by atoms with van der Waals surface area (Å²) in [7, 11) is 0. The lowest BCUT2D eigenvalue weighted by Crippen LogP contribution is -2.26. The van der Waals surface area contributed by atoms with E-state index in [1.54, 1.807) is 0 Å². The van der Waals surface area contributed by atoms with Gasteiger partial charge in [0.2, 0.25) is 0 Å². The van der Waals surface area contributed by atoms with Crippen molar-refractivity contribution < 1.29 is 13.9 Å². The van der Waals surface area contributed by atoms with Gasteiger partial charge >= 0.3 is 5.97 Å². The molecule has 5 nitrogen and oxygen atoms in total. The van der Waals surface area contributed by atoms with Crippen molar-refractivity contribution in [2.24, 2.45) is 0 Å². The molecule has 0 amide bonds. The molecule has 1 fully saturated rings. The SMILES string of the molecule is Cc1nc2ccc(COC(=O)CNC3CC3)cc2o1. The van der Waals surface area contributed by atoms with Crippen LogP contribution in [0, 0.1) is 6.92 Å². The zero-order chi connectivity index (χ0) is 13.2. The summed E-state index contributed by atoms with van der Waals surface area (Å²) in [6.07, 6.45) is 2.32. The van der Waals surface area contributed by atoms with E-state index in [2.05, 4.69) is 10.3 Å². The van der Waals surface area contributed by atoms with Crippen molar-refractivity contribution in [3.63, 3.8) is 0 Å². The summed E-state index contributed by atoms with van der Waals surface area (Å²) in [6.45, 7) is 2.36. The standard InChI is InChI=1S/C14H16N2O3/c1-9-16-12-5-2-10(6-13(12)19-9)8-18-14(17)7-15-11-3-4-11/h2,5-6,11,15H,3-4,7-8H2,1H3. The zero-order valence-electron chi connectivity index (χ0n) is 10.8. The van der Waals surface area contributed by atoms with E-state index >= 15 is 0 Å². The average molecular weight is 260 g/mol. The summed E-state index contributed by atoms with van der Waals surface area (Å²) in [5, 5.41) is 3.12. The molecule has 2 aromatic rings. The van der Waals surface area contributed by atoms with Crippen molar-refractivity contribution in [3.05, 3.63) is 29.7 Å². The van der Waals surface area contributed by atoms with Crippen LogP contribution >= 0.6 is 0 Å². The Morgan fingerprint density at radius 1 is 1.53 bits per heavy atom. The number of nitrogens with zero attached hydrogens (tertiary/aromatic N) is 1. The largest absolute Gasteiger partial charge is 0.460 e. The highest BCUT2D eigenvalue weighted by Crippen LogP contribution is 2.18. The van der Waals surface area contributed by atoms with Gasteiger partial charge < -0.3 is 14.5 Å². The van der Waals surface area contributed by atoms with Gasteiger partial charge in [-0.25, -0.2) is 4.98 Å². The van der Waals surface area contributed by atoms with Gasteiger partial charge in [0.1, 0.15) is 12.1 Å². The van der Waals surface area contributed by atoms with Gasteiger partial charge in [-0.2, -0.15) is 0 Å². The summed E-state index contributed by atoms with van der Waals surface area (Å²) in [5.74, 6) is 0.415. The monoisotopic (exact) mass is 260 g/mol. The van der Waals surface area contributed by atoms with Crippen molar-refractivity contribution in [3.8, 4) is 0 Å². The third-order valence-corrected chi connectivity index (χ3v) is 3.07. The molecule has 19 heavy (non-hydrogen) atoms. The van der Waals surface area contributed by atoms with Gasteiger partial charge in [0.25, 0.3) is 0 Å². The van der Waals surface area contributed by atoms with Gasteiger partial charge in [-0.1, -0.05) is 6.07 Å². The fraction of sp³-hybridized carbons (Fsp3) is 0.429. The number of fused-ring (bicyclic) bond motifs is 1. The molecule has 1 aliphatic carbocycles. The molecule has 0 bridgehead atoms. The van der Waals surface area contributed by atoms with Crippen LogP contribution in [0.2, 0.25) is 0 Å². The summed E-state index contributed by atoms with van der Waals surface area (Å²) in [6, 6.07) is 6.14. The molecule has 0 saturated heterocycles. The van der Waals surface area contributed by atoms with Gasteiger partial charge in [0.05, 0.1) is 6.54 Å². The smallest absolute Gasteiger partial charge is 0.320 e. The number of oxazole rings is 1. The Hall–Kier alpha value is -1.88. The quantitative estimate of drug-likeness (QED) is 0.832. The van der Waals surface area contributed by atoms with E-state index in [9.17, 15) is 4.79 Å². The minimum absolute atomic E-state index is 0.222. The van der Waals surface area contributed by atoms with E-state index in [0.717, 1.165) is 29.5 Å². The van der Waals surface area contributed by atoms with Gasteiger partial charge in [0.15, 0.2) is 11.5 Å². The molecular formula is C14H16N2O3. The molecule has 0 unspecified atom stereocenters. The third kappa shape index (κ3) is 3.12. The van der Waals surface area contributed by atoms with E-state index in [-0.39, 0.29) is 19.1 Å². The van der Waals surface area contributed by atoms with Crippen LogP contribution in [0.5, 0.6) is 0 Å². The van der Waals surface area contributed by atoms with Crippen molar-refractivity contribution in [1.82, 2.24) is 10.3 Å². The van der Waals surface area contributed by atoms with Crippen LogP contribution in [-0.2, 0) is 16.1 Å². The van der Waals surface area contributed by atoms with Crippen LogP contribution in [0.15, 0.2) is 22.6 Å². The predicted molar refractivity (Wildman–Crippen MR) is 69.6 cm³/mol. The fourth-order valence-corrected chi connectivity index (χ4v) is 1.90. The number of aromatic nitrogens is 1. The summed E-state index contributed by atoms with van der Waals surface area (Å²) in [4.78, 5) is 15.7. The molecule has 3 rings (SSSR count). The minimum Gasteiger partial charge on any atom is -0.460 e. The average Bonchev–Trinajstić information content (AvgIpc) is 3.14. The molecule has 0 spiro atoms. The molecule has 1 N–H and O–H groups in total. The van der Waals surface area contributed by atoms with E-state index in [1.807, 2.05) is 25.1 Å². The normalized spacial score (nSPS) is 14.8. The van der Waals surface area contributed by atoms with Gasteiger partial charge in [-0.3, -0.25) is 4.79 Å². The number of carbonyl (C=O) groups is 1. The highest BCUT2D eigenvalue weighted by atomic mass is 16.5. The zero-order valence-corrected chi connectivity index (χ0v) is 10.8. The number of hydrogen-bond donors (Lipinski definition) is 1. The maximum atomic E-state index is 11.5. The second-order valence-electron chi connectivity index (χ2n) is 4.85. The van der Waals surface area contributed by atoms with Crippen molar-refractivity contribution >= 4 is 17.1 Å². The summed E-state index contributed by atoms with van der Waals surface area (Å²) in [5.41, 5.74) is 2.45. The molecule has 0 radical (unpaired) electrons. The maximum absolute atomic E-state index is 11.5. The number of nitrogens with one attached hydrogen (secondary N) is 1. The molecule has 5 heteroatoms. The van der Waals surface area contributed by atoms with Crippen LogP contribution in [0.3, 0.4) is 0 Å². The molecule has 1 saturated carbocycles. The molecule has 100 valence electrons. The Labute approximate surface area is 111 Å². The molecular weight excluding hydrogens is 244 g/mol. The Morgan fingerprint density at radius 2 is 2.37 bits per heavy atom. The first-order chi connectivity index (χ1) is 9.20. The van der Waals surface area contributed by atoms with Crippen LogP contribution in [-0.4, -0.2) is 23.5 Å². The minimum atomic E-state index is -0.222. The first kappa shape index (κ1) is 12.2. The lowest BCUT2D eigenvalue weighted by molar-refractivity contribution is -0.143. The second kappa shape index (κ2) is 5.01. The van der Waals surface area contributed by atoms with Crippen molar-refractivity contribution in [2.75, 3.05) is 6.54 Å². The van der Waals surface area contributed by atoms with E-state index < -0.39 is 0 Å². The Kier molecular flexibility index (Phi) is 3.21. The summed E-state index contributed by atoms with van der Waals surface area (Å²) >= 11 is 0. The third-order valence-electron chi connectivity index (χ3n) is 3.07. The predicted octanol–water partition coefficient (Wildman–Crippen LogP) is 1.93. The Morgan fingerprint density at radius 3 is 3.16 bits per heavy atom. The lowest BCUT2D eigenvalue weighted by Gasteiger charge is -2.05. The van der Waals surface area contributed by atoms with Crippen LogP contribution in [0.4, 0.5) is 0 Å². The van der Waals surface area contributed by atoms with Crippen molar-refractivity contribution in [1.29, 1.82) is 0 Å². The molecule has 1 aliphatic rings. The Bertz CT molecular complexity index is 602. The van der Waals surface area contributed by atoms with E-state index in [1.165, 1.54) is 0 Å². The molecule has 0 aliphatic heterocycles. The van der Waals surface area contributed by atoms with Gasteiger partial charge in [-0.15, -0.1) is 0 Å². The summed E-state index contributed by atoms with van der Waals surface area (Å²) < 4.78 is 10.6. The first-order valence-corrected chi connectivity index (χ1v) is 6.46. The molecule has 1 heterocycles. The number of esters is 1. The van der Waals surface area contributed by atoms with E-state index in [0.29, 0.717) is 11.9 Å². The molecule has 1 aromatic carbocycles. The number of hydrogen-bond acceptors (Lipinski definition) is 5. The van der Waals surface area contributed by atoms with Gasteiger partial charge in [-0.05, 0) is 30.5 Å². The van der Waals surface area contributed by atoms with Gasteiger partial charge in [0, 0.05) is 13.0 Å². The van der Waals surface area contributed by atoms with Crippen molar-refractivity contribution in [2.45, 2.75) is 32.4 Å². The lowest BCUT2D eigenvalue weighted by atomic mass is 10.2. The van der Waals surface area contributed by atoms with Crippen LogP contribution in [0.1, 0.15) is 24.3 Å².